The van der Waals surface area contributed by atoms with Crippen molar-refractivity contribution in [2.24, 2.45) is 0 Å². The van der Waals surface area contributed by atoms with Crippen molar-refractivity contribution in [1.82, 2.24) is 0 Å². The van der Waals surface area contributed by atoms with Gasteiger partial charge in [-0.2, -0.15) is 0 Å². The minimum Gasteiger partial charge on any atom is -0.353 e. The van der Waals surface area contributed by atoms with Gasteiger partial charge in [-0.3, -0.25) is 0 Å². The number of rotatable bonds is 3. The average molecular weight is 264 g/mol. The number of benzene rings is 1. The fourth-order valence-electron chi connectivity index (χ4n) is 0.923. The molecule has 1 aromatic rings. The van der Waals surface area contributed by atoms with Crippen LogP contribution in [0.5, 0.6) is 0 Å². The monoisotopic (exact) mass is 263 g/mol. The third-order valence-corrected chi connectivity index (χ3v) is 4.10. The van der Waals surface area contributed by atoms with E-state index >= 15 is 0 Å². The Bertz CT molecular complexity index is 255. The highest BCUT2D eigenvalue weighted by molar-refractivity contribution is 9.08. The predicted molar refractivity (Wildman–Crippen MR) is 65.5 cm³/mol. The lowest BCUT2D eigenvalue weighted by molar-refractivity contribution is 1.33. The van der Waals surface area contributed by atoms with E-state index in [9.17, 15) is 0 Å². The molecule has 0 aromatic heterocycles. The molecule has 0 aliphatic rings. The molecule has 1 aromatic carbocycles. The third-order valence-electron chi connectivity index (χ3n) is 1.65. The van der Waals surface area contributed by atoms with E-state index in [2.05, 4.69) is 60.8 Å². The highest BCUT2D eigenvalue weighted by Crippen LogP contribution is 2.31. The van der Waals surface area contributed by atoms with Crippen LogP contribution in [0, 0.1) is 0 Å². The normalized spacial score (nSPS) is 10.9. The first-order chi connectivity index (χ1) is 5.77. The molecule has 0 radical (unpaired) electrons. The Kier molecular flexibility index (Phi) is 4.50. The van der Waals surface area contributed by atoms with Crippen molar-refractivity contribution in [3.63, 3.8) is 0 Å². The molecule has 0 bridgehead atoms. The summed E-state index contributed by atoms with van der Waals surface area (Å²) in [6.07, 6.45) is 0. The van der Waals surface area contributed by atoms with Crippen molar-refractivity contribution in [2.75, 3.05) is 11.7 Å². The summed E-state index contributed by atoms with van der Waals surface area (Å²) in [7, 11) is 5.58. The second-order valence-electron chi connectivity index (χ2n) is 2.49. The topological polar surface area (TPSA) is 3.24 Å². The van der Waals surface area contributed by atoms with Crippen LogP contribution in [-0.4, -0.2) is 7.05 Å². The first kappa shape index (κ1) is 10.4. The summed E-state index contributed by atoms with van der Waals surface area (Å²) in [5, 5.41) is 0.925. The third kappa shape index (κ3) is 2.69. The van der Waals surface area contributed by atoms with Crippen molar-refractivity contribution in [2.45, 2.75) is 5.33 Å². The molecule has 12 heavy (non-hydrogen) atoms. The summed E-state index contributed by atoms with van der Waals surface area (Å²) in [4.78, 5) is 0. The maximum atomic E-state index is 3.44. The van der Waals surface area contributed by atoms with Crippen molar-refractivity contribution in [3.8, 4) is 0 Å². The summed E-state index contributed by atoms with van der Waals surface area (Å²) >= 11 is 3.44. The molecule has 66 valence electrons. The molecule has 1 rings (SSSR count). The lowest BCUT2D eigenvalue weighted by atomic mass is 10.2. The lowest BCUT2D eigenvalue weighted by Gasteiger charge is -2.16. The van der Waals surface area contributed by atoms with E-state index in [1.807, 2.05) is 0 Å². The van der Waals surface area contributed by atoms with Gasteiger partial charge in [0, 0.05) is 18.1 Å². The number of nitrogens with zero attached hydrogens (tertiary/aromatic N) is 1. The highest BCUT2D eigenvalue weighted by Gasteiger charge is 1.97. The van der Waals surface area contributed by atoms with Crippen molar-refractivity contribution in [1.29, 1.82) is 0 Å². The zero-order valence-electron chi connectivity index (χ0n) is 6.92. The molecule has 2 atom stereocenters. The van der Waals surface area contributed by atoms with Gasteiger partial charge in [0.05, 0.1) is 0 Å². The van der Waals surface area contributed by atoms with Gasteiger partial charge in [-0.15, -0.1) is 0 Å². The van der Waals surface area contributed by atoms with Gasteiger partial charge in [0.25, 0.3) is 0 Å². The molecule has 0 fully saturated rings. The second kappa shape index (κ2) is 5.17. The van der Waals surface area contributed by atoms with Crippen LogP contribution in [0.3, 0.4) is 0 Å². The summed E-state index contributed by atoms with van der Waals surface area (Å²) < 4.78 is 2.22. The van der Waals surface area contributed by atoms with Crippen molar-refractivity contribution < 1.29 is 0 Å². The van der Waals surface area contributed by atoms with Crippen molar-refractivity contribution in [3.05, 3.63) is 29.8 Å². The van der Waals surface area contributed by atoms with Crippen LogP contribution in [0.25, 0.3) is 0 Å². The summed E-state index contributed by atoms with van der Waals surface area (Å²) in [5.41, 5.74) is 2.60. The van der Waals surface area contributed by atoms with E-state index in [1.165, 1.54) is 11.3 Å². The Hall–Kier alpha value is 0.360. The van der Waals surface area contributed by atoms with Crippen molar-refractivity contribution >= 4 is 39.0 Å². The first-order valence-electron chi connectivity index (χ1n) is 3.63. The minimum atomic E-state index is 0.741. The van der Waals surface area contributed by atoms with Crippen LogP contribution in [0.1, 0.15) is 5.56 Å². The molecule has 0 saturated carbocycles. The van der Waals surface area contributed by atoms with Crippen LogP contribution in [-0.2, 0) is 5.33 Å². The number of hydrogen-bond donors (Lipinski definition) is 0. The van der Waals surface area contributed by atoms with Gasteiger partial charge in [-0.1, -0.05) is 37.0 Å². The van der Waals surface area contributed by atoms with E-state index < -0.39 is 0 Å². The molecule has 0 spiro atoms. The molecule has 0 aliphatic heterocycles. The summed E-state index contributed by atoms with van der Waals surface area (Å²) in [5.74, 6) is 0. The smallest absolute Gasteiger partial charge is 0.0399 e. The van der Waals surface area contributed by atoms with Gasteiger partial charge in [0.2, 0.25) is 0 Å². The molecule has 0 saturated heterocycles. The van der Waals surface area contributed by atoms with Gasteiger partial charge < -0.3 is 4.67 Å². The van der Waals surface area contributed by atoms with Crippen LogP contribution < -0.4 is 4.67 Å². The predicted octanol–water partition coefficient (Wildman–Crippen LogP) is 3.40. The lowest BCUT2D eigenvalue weighted by Crippen LogP contribution is -2.01. The Morgan fingerprint density at radius 2 is 2.33 bits per heavy atom. The van der Waals surface area contributed by atoms with E-state index in [-0.39, 0.29) is 0 Å². The molecular formula is C8H12BrNP2. The zero-order valence-corrected chi connectivity index (χ0v) is 10.7. The molecule has 0 N–H and O–H groups in total. The van der Waals surface area contributed by atoms with Crippen LogP contribution in [0.15, 0.2) is 24.3 Å². The second-order valence-corrected chi connectivity index (χ2v) is 4.76. The fraction of sp³-hybridized carbons (Fsp3) is 0.250. The summed E-state index contributed by atoms with van der Waals surface area (Å²) in [6, 6.07) is 8.54. The minimum absolute atomic E-state index is 0.741. The number of anilines is 1. The standard InChI is InChI=1S/C8H12BrNP2/c1-10(12-11)8-4-2-3-7(5-8)6-9/h2-5,12H,6,11H2,1H3. The Morgan fingerprint density at radius 3 is 2.92 bits per heavy atom. The van der Waals surface area contributed by atoms with Crippen LogP contribution in [0.4, 0.5) is 5.69 Å². The average Bonchev–Trinajstić information content (AvgIpc) is 2.17. The molecule has 0 heterocycles. The molecule has 0 amide bonds. The van der Waals surface area contributed by atoms with E-state index in [1.54, 1.807) is 0 Å². The van der Waals surface area contributed by atoms with Gasteiger partial charge >= 0.3 is 0 Å². The molecule has 0 aliphatic carbocycles. The van der Waals surface area contributed by atoms with Gasteiger partial charge in [-0.25, -0.2) is 0 Å². The first-order valence-corrected chi connectivity index (χ1v) is 7.50. The Labute approximate surface area is 86.0 Å². The largest absolute Gasteiger partial charge is 0.353 e. The van der Waals surface area contributed by atoms with Crippen LogP contribution >= 0.6 is 33.3 Å². The van der Waals surface area contributed by atoms with E-state index in [0.29, 0.717) is 0 Å². The maximum absolute atomic E-state index is 3.44. The maximum Gasteiger partial charge on any atom is 0.0399 e. The Morgan fingerprint density at radius 1 is 1.58 bits per heavy atom. The zero-order chi connectivity index (χ0) is 8.97. The summed E-state index contributed by atoms with van der Waals surface area (Å²) in [6.45, 7) is 0. The highest BCUT2D eigenvalue weighted by atomic mass is 79.9. The SMILES string of the molecule is CN(PP)c1cccc(CBr)c1. The van der Waals surface area contributed by atoms with Crippen LogP contribution in [0.2, 0.25) is 0 Å². The molecule has 4 heteroatoms. The van der Waals surface area contributed by atoms with Gasteiger partial charge in [0.15, 0.2) is 0 Å². The quantitative estimate of drug-likeness (QED) is 0.597. The van der Waals surface area contributed by atoms with Gasteiger partial charge in [-0.05, 0) is 26.1 Å². The number of hydrogen-bond acceptors (Lipinski definition) is 1. The number of alkyl halides is 1. The molecular weight excluding hydrogens is 252 g/mol. The Balaban J connectivity index is 2.86. The fourth-order valence-corrected chi connectivity index (χ4v) is 2.01. The molecule has 1 nitrogen and oxygen atoms in total. The number of halogens is 1. The molecule has 2 unspecified atom stereocenters. The van der Waals surface area contributed by atoms with E-state index in [0.717, 1.165) is 13.8 Å². The van der Waals surface area contributed by atoms with E-state index in [4.69, 9.17) is 0 Å². The van der Waals surface area contributed by atoms with Gasteiger partial charge in [0.1, 0.15) is 0 Å².